The maximum Gasteiger partial charge on any atom is 0.371 e. The van der Waals surface area contributed by atoms with Gasteiger partial charge in [-0.25, -0.2) is 4.79 Å². The Balaban J connectivity index is 1.97. The zero-order valence-electron chi connectivity index (χ0n) is 12.5. The third-order valence-corrected chi connectivity index (χ3v) is 4.44. The average molecular weight is 280 g/mol. The monoisotopic (exact) mass is 280 g/mol. The number of nitrogens with zero attached hydrogens (tertiary/aromatic N) is 2. The molecule has 5 heteroatoms. The van der Waals surface area contributed by atoms with Crippen LogP contribution in [0.4, 0.5) is 0 Å². The van der Waals surface area contributed by atoms with Gasteiger partial charge in [0.2, 0.25) is 5.76 Å². The highest BCUT2D eigenvalue weighted by atomic mass is 16.4. The van der Waals surface area contributed by atoms with Crippen LogP contribution in [0.1, 0.15) is 49.0 Å². The van der Waals surface area contributed by atoms with Gasteiger partial charge in [0, 0.05) is 6.04 Å². The summed E-state index contributed by atoms with van der Waals surface area (Å²) < 4.78 is 5.41. The van der Waals surface area contributed by atoms with E-state index in [0.29, 0.717) is 6.04 Å². The van der Waals surface area contributed by atoms with Crippen molar-refractivity contribution < 1.29 is 14.3 Å². The Morgan fingerprint density at radius 3 is 2.65 bits per heavy atom. The van der Waals surface area contributed by atoms with Crippen molar-refractivity contribution in [2.75, 3.05) is 26.7 Å². The van der Waals surface area contributed by atoms with Crippen LogP contribution in [0.15, 0.2) is 16.5 Å². The molecule has 0 aliphatic carbocycles. The zero-order valence-corrected chi connectivity index (χ0v) is 12.5. The first-order chi connectivity index (χ1) is 9.52. The number of carboxylic acid groups (broad SMARTS) is 1. The fourth-order valence-corrected chi connectivity index (χ4v) is 2.85. The molecular weight excluding hydrogens is 256 g/mol. The van der Waals surface area contributed by atoms with E-state index in [1.807, 2.05) is 0 Å². The van der Waals surface area contributed by atoms with Crippen molar-refractivity contribution in [2.45, 2.75) is 38.8 Å². The molecule has 2 heterocycles. The van der Waals surface area contributed by atoms with Gasteiger partial charge in [0.05, 0.1) is 6.04 Å². The van der Waals surface area contributed by atoms with Crippen LogP contribution in [-0.4, -0.2) is 53.6 Å². The summed E-state index contributed by atoms with van der Waals surface area (Å²) in [6.07, 6.45) is 2.31. The molecule has 0 spiro atoms. The van der Waals surface area contributed by atoms with Gasteiger partial charge in [-0.05, 0) is 58.6 Å². The van der Waals surface area contributed by atoms with Crippen LogP contribution in [0, 0.1) is 0 Å². The van der Waals surface area contributed by atoms with Crippen LogP contribution >= 0.6 is 0 Å². The second-order valence-corrected chi connectivity index (χ2v) is 5.51. The molecule has 1 atom stereocenters. The third-order valence-electron chi connectivity index (χ3n) is 4.44. The van der Waals surface area contributed by atoms with Crippen LogP contribution in [-0.2, 0) is 0 Å². The zero-order chi connectivity index (χ0) is 14.7. The second kappa shape index (κ2) is 6.41. The number of piperidine rings is 1. The molecule has 1 aromatic heterocycles. The van der Waals surface area contributed by atoms with Crippen molar-refractivity contribution in [3.8, 4) is 0 Å². The standard InChI is InChI=1S/C15H24N2O3/c1-4-17-9-7-12(8-10-17)16(3)11(2)13-5-6-14(20-13)15(18)19/h5-6,11-12H,4,7-10H2,1-3H3,(H,18,19). The van der Waals surface area contributed by atoms with Crippen molar-refractivity contribution >= 4 is 5.97 Å². The van der Waals surface area contributed by atoms with Gasteiger partial charge in [-0.15, -0.1) is 0 Å². The maximum absolute atomic E-state index is 10.9. The van der Waals surface area contributed by atoms with E-state index in [0.717, 1.165) is 38.2 Å². The minimum Gasteiger partial charge on any atom is -0.475 e. The fraction of sp³-hybridized carbons (Fsp3) is 0.667. The predicted octanol–water partition coefficient (Wildman–Crippen LogP) is 2.45. The molecule has 0 aromatic carbocycles. The molecule has 1 saturated heterocycles. The Morgan fingerprint density at radius 2 is 2.15 bits per heavy atom. The first kappa shape index (κ1) is 15.1. The molecule has 0 radical (unpaired) electrons. The largest absolute Gasteiger partial charge is 0.475 e. The number of hydrogen-bond donors (Lipinski definition) is 1. The number of carbonyl (C=O) groups is 1. The van der Waals surface area contributed by atoms with E-state index in [-0.39, 0.29) is 11.8 Å². The molecular formula is C15H24N2O3. The molecule has 5 nitrogen and oxygen atoms in total. The Bertz CT molecular complexity index is 450. The number of carboxylic acids is 1. The van der Waals surface area contributed by atoms with Gasteiger partial charge >= 0.3 is 5.97 Å². The quantitative estimate of drug-likeness (QED) is 0.898. The summed E-state index contributed by atoms with van der Waals surface area (Å²) in [5.74, 6) is -0.272. The Kier molecular flexibility index (Phi) is 4.83. The number of likely N-dealkylation sites (tertiary alicyclic amines) is 1. The van der Waals surface area contributed by atoms with Crippen LogP contribution in [0.5, 0.6) is 0 Å². The lowest BCUT2D eigenvalue weighted by Gasteiger charge is -2.38. The summed E-state index contributed by atoms with van der Waals surface area (Å²) in [5, 5.41) is 8.91. The minimum atomic E-state index is -1.01. The van der Waals surface area contributed by atoms with Crippen LogP contribution in [0.2, 0.25) is 0 Å². The average Bonchev–Trinajstić information content (AvgIpc) is 2.96. The molecule has 112 valence electrons. The van der Waals surface area contributed by atoms with Crippen molar-refractivity contribution in [2.24, 2.45) is 0 Å². The first-order valence-corrected chi connectivity index (χ1v) is 7.30. The van der Waals surface area contributed by atoms with E-state index in [2.05, 4.69) is 30.7 Å². The van der Waals surface area contributed by atoms with E-state index in [1.165, 1.54) is 6.07 Å². The third kappa shape index (κ3) is 3.22. The van der Waals surface area contributed by atoms with E-state index < -0.39 is 5.97 Å². The summed E-state index contributed by atoms with van der Waals surface area (Å²) in [5.41, 5.74) is 0. The molecule has 1 unspecified atom stereocenters. The van der Waals surface area contributed by atoms with Crippen molar-refractivity contribution in [3.05, 3.63) is 23.7 Å². The number of rotatable bonds is 5. The van der Waals surface area contributed by atoms with Gasteiger partial charge in [0.15, 0.2) is 0 Å². The highest BCUT2D eigenvalue weighted by Crippen LogP contribution is 2.26. The smallest absolute Gasteiger partial charge is 0.371 e. The number of aromatic carboxylic acids is 1. The molecule has 1 aliphatic heterocycles. The molecule has 0 saturated carbocycles. The molecule has 2 rings (SSSR count). The van der Waals surface area contributed by atoms with Crippen molar-refractivity contribution in [1.82, 2.24) is 9.80 Å². The Hall–Kier alpha value is -1.33. The summed E-state index contributed by atoms with van der Waals surface area (Å²) in [6.45, 7) is 7.65. The summed E-state index contributed by atoms with van der Waals surface area (Å²) in [4.78, 5) is 15.6. The van der Waals surface area contributed by atoms with Gasteiger partial charge in [0.1, 0.15) is 5.76 Å². The lowest BCUT2D eigenvalue weighted by molar-refractivity contribution is 0.0648. The summed E-state index contributed by atoms with van der Waals surface area (Å²) in [7, 11) is 2.10. The van der Waals surface area contributed by atoms with Crippen LogP contribution in [0.3, 0.4) is 0 Å². The molecule has 1 aliphatic rings. The highest BCUT2D eigenvalue weighted by molar-refractivity contribution is 5.84. The summed E-state index contributed by atoms with van der Waals surface area (Å²) in [6, 6.07) is 3.93. The van der Waals surface area contributed by atoms with E-state index in [1.54, 1.807) is 6.07 Å². The molecule has 1 aromatic rings. The van der Waals surface area contributed by atoms with Crippen molar-refractivity contribution in [1.29, 1.82) is 0 Å². The molecule has 20 heavy (non-hydrogen) atoms. The lowest BCUT2D eigenvalue weighted by atomic mass is 10.0. The van der Waals surface area contributed by atoms with Gasteiger partial charge in [-0.2, -0.15) is 0 Å². The molecule has 1 N–H and O–H groups in total. The molecule has 0 amide bonds. The van der Waals surface area contributed by atoms with E-state index in [9.17, 15) is 4.79 Å². The topological polar surface area (TPSA) is 56.9 Å². The molecule has 0 bridgehead atoms. The van der Waals surface area contributed by atoms with Crippen LogP contribution < -0.4 is 0 Å². The van der Waals surface area contributed by atoms with E-state index >= 15 is 0 Å². The van der Waals surface area contributed by atoms with Crippen molar-refractivity contribution in [3.63, 3.8) is 0 Å². The predicted molar refractivity (Wildman–Crippen MR) is 77.0 cm³/mol. The maximum atomic E-state index is 10.9. The Morgan fingerprint density at radius 1 is 1.50 bits per heavy atom. The molecule has 1 fully saturated rings. The van der Waals surface area contributed by atoms with Gasteiger partial charge in [-0.3, -0.25) is 4.90 Å². The SMILES string of the molecule is CCN1CCC(N(C)C(C)c2ccc(C(=O)O)o2)CC1. The number of furan rings is 1. The first-order valence-electron chi connectivity index (χ1n) is 7.30. The number of hydrogen-bond acceptors (Lipinski definition) is 4. The van der Waals surface area contributed by atoms with Gasteiger partial charge in [0.25, 0.3) is 0 Å². The highest BCUT2D eigenvalue weighted by Gasteiger charge is 2.27. The minimum absolute atomic E-state index is 0.0149. The van der Waals surface area contributed by atoms with Gasteiger partial charge < -0.3 is 14.4 Å². The lowest BCUT2D eigenvalue weighted by Crippen LogP contribution is -2.43. The van der Waals surface area contributed by atoms with Gasteiger partial charge in [-0.1, -0.05) is 6.92 Å². The van der Waals surface area contributed by atoms with E-state index in [4.69, 9.17) is 9.52 Å². The second-order valence-electron chi connectivity index (χ2n) is 5.51. The summed E-state index contributed by atoms with van der Waals surface area (Å²) >= 11 is 0. The van der Waals surface area contributed by atoms with Crippen LogP contribution in [0.25, 0.3) is 0 Å². The Labute approximate surface area is 120 Å². The fourth-order valence-electron chi connectivity index (χ4n) is 2.85. The normalized spacial score (nSPS) is 19.4.